The van der Waals surface area contributed by atoms with Gasteiger partial charge in [-0.3, -0.25) is 14.5 Å². The average Bonchev–Trinajstić information content (AvgIpc) is 3.56. The molecule has 6 rings (SSSR count). The van der Waals surface area contributed by atoms with Gasteiger partial charge in [0.05, 0.1) is 0 Å². The standard InChI is InChI=1S/C33H28IN5O5S2/c1-44-38-25(28(40)36-26-29(41)39-27(31(42)43)20(17-34)18-45-30(26)39)24-19-46-32(35-24)37-33(21-11-5-2-6-12-21,22-13-7-3-8-14-22)23-15-9-4-10-16-23/h2-16,19,26,30H,17-18H2,1H3,(H,35,37)(H,36,40)(H,42,43)/b38-25-/t26-,30?/m0/s1. The van der Waals surface area contributed by atoms with Gasteiger partial charge >= 0.3 is 5.97 Å². The molecule has 2 atom stereocenters. The van der Waals surface area contributed by atoms with Gasteiger partial charge in [-0.25, -0.2) is 9.78 Å². The lowest BCUT2D eigenvalue weighted by Gasteiger charge is -2.49. The number of hydrogen-bond acceptors (Lipinski definition) is 9. The van der Waals surface area contributed by atoms with Crippen LogP contribution in [-0.2, 0) is 24.8 Å². The number of carboxylic acids is 1. The number of carboxylic acid groups (broad SMARTS) is 1. The smallest absolute Gasteiger partial charge is 0.352 e. The highest BCUT2D eigenvalue weighted by Gasteiger charge is 2.54. The van der Waals surface area contributed by atoms with E-state index in [-0.39, 0.29) is 17.1 Å². The maximum absolute atomic E-state index is 13.6. The summed E-state index contributed by atoms with van der Waals surface area (Å²) in [5, 5.41) is 21.8. The number of alkyl halides is 1. The van der Waals surface area contributed by atoms with Gasteiger partial charge in [0.2, 0.25) is 0 Å². The maximum atomic E-state index is 13.6. The summed E-state index contributed by atoms with van der Waals surface area (Å²) in [6.07, 6.45) is 0. The molecule has 0 bridgehead atoms. The predicted octanol–water partition coefficient (Wildman–Crippen LogP) is 5.07. The average molecular weight is 766 g/mol. The van der Waals surface area contributed by atoms with E-state index in [9.17, 15) is 19.5 Å². The van der Waals surface area contributed by atoms with E-state index in [4.69, 9.17) is 9.82 Å². The molecule has 10 nitrogen and oxygen atoms in total. The fourth-order valence-electron chi connectivity index (χ4n) is 5.67. The zero-order chi connectivity index (χ0) is 32.3. The number of β-lactam (4-membered cyclic amide) rings is 1. The second-order valence-corrected chi connectivity index (χ2v) is 13.1. The first kappa shape index (κ1) is 31.8. The fraction of sp³-hybridized carbons (Fsp3) is 0.182. The third-order valence-electron chi connectivity index (χ3n) is 7.76. The van der Waals surface area contributed by atoms with E-state index in [1.54, 1.807) is 5.38 Å². The van der Waals surface area contributed by atoms with Crippen LogP contribution < -0.4 is 10.6 Å². The number of amides is 2. The Morgan fingerprint density at radius 1 is 1.02 bits per heavy atom. The molecule has 1 saturated heterocycles. The highest BCUT2D eigenvalue weighted by molar-refractivity contribution is 14.1. The minimum absolute atomic E-state index is 0.00613. The van der Waals surface area contributed by atoms with Crippen molar-refractivity contribution in [1.29, 1.82) is 0 Å². The normalized spacial score (nSPS) is 18.0. The van der Waals surface area contributed by atoms with Crippen molar-refractivity contribution in [2.45, 2.75) is 17.0 Å². The van der Waals surface area contributed by atoms with Crippen LogP contribution in [0.15, 0.2) is 113 Å². The fourth-order valence-corrected chi connectivity index (χ4v) is 8.77. The van der Waals surface area contributed by atoms with Crippen LogP contribution in [0.2, 0.25) is 0 Å². The lowest BCUT2D eigenvalue weighted by molar-refractivity contribution is -0.150. The number of nitrogens with zero attached hydrogens (tertiary/aromatic N) is 3. The van der Waals surface area contributed by atoms with Gasteiger partial charge in [0.25, 0.3) is 11.8 Å². The van der Waals surface area contributed by atoms with Gasteiger partial charge in [-0.15, -0.1) is 23.1 Å². The predicted molar refractivity (Wildman–Crippen MR) is 187 cm³/mol. The molecule has 3 N–H and O–H groups in total. The number of carbonyl (C=O) groups is 3. The van der Waals surface area contributed by atoms with Gasteiger partial charge in [0.15, 0.2) is 10.8 Å². The van der Waals surface area contributed by atoms with E-state index in [0.717, 1.165) is 16.7 Å². The zero-order valence-corrected chi connectivity index (χ0v) is 28.2. The topological polar surface area (TPSA) is 133 Å². The lowest BCUT2D eigenvalue weighted by atomic mass is 9.77. The molecule has 3 heterocycles. The Morgan fingerprint density at radius 2 is 1.59 bits per heavy atom. The summed E-state index contributed by atoms with van der Waals surface area (Å²) in [5.74, 6) is -1.84. The number of aromatic nitrogens is 1. The Kier molecular flexibility index (Phi) is 9.42. The summed E-state index contributed by atoms with van der Waals surface area (Å²) in [7, 11) is 1.33. The number of thiazole rings is 1. The van der Waals surface area contributed by atoms with Crippen molar-refractivity contribution in [2.75, 3.05) is 22.6 Å². The van der Waals surface area contributed by atoms with Crippen LogP contribution in [0.1, 0.15) is 22.4 Å². The number of thioether (sulfide) groups is 1. The van der Waals surface area contributed by atoms with Crippen LogP contribution in [0, 0.1) is 0 Å². The van der Waals surface area contributed by atoms with Crippen molar-refractivity contribution in [1.82, 2.24) is 15.2 Å². The summed E-state index contributed by atoms with van der Waals surface area (Å²) in [5.41, 5.74) is 2.97. The molecule has 0 aliphatic carbocycles. The monoisotopic (exact) mass is 765 g/mol. The maximum Gasteiger partial charge on any atom is 0.352 e. The molecule has 0 saturated carbocycles. The van der Waals surface area contributed by atoms with E-state index in [1.165, 1.54) is 35.1 Å². The van der Waals surface area contributed by atoms with Crippen molar-refractivity contribution in [2.24, 2.45) is 5.16 Å². The van der Waals surface area contributed by atoms with Crippen LogP contribution >= 0.6 is 45.7 Å². The van der Waals surface area contributed by atoms with Gasteiger partial charge in [-0.05, 0) is 22.3 Å². The highest BCUT2D eigenvalue weighted by atomic mass is 127. The first-order valence-electron chi connectivity index (χ1n) is 14.2. The Hall–Kier alpha value is -4.21. The first-order chi connectivity index (χ1) is 22.4. The second-order valence-electron chi connectivity index (χ2n) is 10.4. The number of carbonyl (C=O) groups excluding carboxylic acids is 2. The number of nitrogens with one attached hydrogen (secondary N) is 2. The molecule has 1 fully saturated rings. The molecule has 3 aromatic carbocycles. The third kappa shape index (κ3) is 5.78. The van der Waals surface area contributed by atoms with Crippen LogP contribution in [0.25, 0.3) is 0 Å². The Morgan fingerprint density at radius 3 is 2.09 bits per heavy atom. The third-order valence-corrected chi connectivity index (χ3v) is 10.8. The molecule has 0 radical (unpaired) electrons. The van der Waals surface area contributed by atoms with Crippen molar-refractivity contribution in [3.05, 3.63) is 130 Å². The molecule has 2 aliphatic rings. The summed E-state index contributed by atoms with van der Waals surface area (Å²) in [4.78, 5) is 49.6. The van der Waals surface area contributed by atoms with E-state index in [2.05, 4.69) is 74.8 Å². The van der Waals surface area contributed by atoms with Crippen LogP contribution in [0.4, 0.5) is 5.13 Å². The molecule has 0 spiro atoms. The molecule has 234 valence electrons. The summed E-state index contributed by atoms with van der Waals surface area (Å²) in [6.45, 7) is 0. The first-order valence-corrected chi connectivity index (χ1v) is 17.6. The second kappa shape index (κ2) is 13.6. The molecular weight excluding hydrogens is 737 g/mol. The Bertz CT molecular complexity index is 1720. The number of aliphatic carboxylic acids is 1. The molecule has 13 heteroatoms. The van der Waals surface area contributed by atoms with Crippen molar-refractivity contribution in [3.63, 3.8) is 0 Å². The molecule has 1 aromatic heterocycles. The van der Waals surface area contributed by atoms with Gasteiger partial charge in [0.1, 0.15) is 35.5 Å². The number of hydrogen-bond donors (Lipinski definition) is 3. The van der Waals surface area contributed by atoms with E-state index in [0.29, 0.717) is 20.9 Å². The van der Waals surface area contributed by atoms with Crippen LogP contribution in [0.3, 0.4) is 0 Å². The van der Waals surface area contributed by atoms with Gasteiger partial charge in [-0.1, -0.05) is 119 Å². The minimum Gasteiger partial charge on any atom is -0.477 e. The molecule has 4 aromatic rings. The summed E-state index contributed by atoms with van der Waals surface area (Å²) >= 11 is 4.81. The van der Waals surface area contributed by atoms with Crippen LogP contribution in [-0.4, -0.2) is 67.2 Å². The highest BCUT2D eigenvalue weighted by Crippen LogP contribution is 2.42. The number of anilines is 1. The van der Waals surface area contributed by atoms with Crippen molar-refractivity contribution >= 4 is 74.3 Å². The quantitative estimate of drug-likeness (QED) is 0.0482. The van der Waals surface area contributed by atoms with E-state index < -0.39 is 34.7 Å². The van der Waals surface area contributed by atoms with Crippen molar-refractivity contribution < 1.29 is 24.3 Å². The molecule has 2 amide bonds. The largest absolute Gasteiger partial charge is 0.477 e. The van der Waals surface area contributed by atoms with Crippen molar-refractivity contribution in [3.8, 4) is 0 Å². The lowest BCUT2D eigenvalue weighted by Crippen LogP contribution is -2.71. The molecule has 46 heavy (non-hydrogen) atoms. The van der Waals surface area contributed by atoms with Gasteiger partial charge < -0.3 is 20.6 Å². The number of oxime groups is 1. The van der Waals surface area contributed by atoms with E-state index >= 15 is 0 Å². The van der Waals surface area contributed by atoms with Crippen LogP contribution in [0.5, 0.6) is 0 Å². The summed E-state index contributed by atoms with van der Waals surface area (Å²) < 4.78 is 0.491. The number of halogens is 1. The number of fused-ring (bicyclic) bond motifs is 1. The molecular formula is C33H28IN5O5S2. The van der Waals surface area contributed by atoms with E-state index in [1.807, 2.05) is 54.6 Å². The SMILES string of the molecule is CO/N=C(\C(=O)N[C@H]1C(=O)N2C(C(=O)O)=C(CI)CSC12)c1csc(NC(c2ccccc2)(c2ccccc2)c2ccccc2)n1. The zero-order valence-electron chi connectivity index (χ0n) is 24.4. The minimum atomic E-state index is -1.16. The number of rotatable bonds is 11. The molecule has 2 aliphatic heterocycles. The van der Waals surface area contributed by atoms with Gasteiger partial charge in [0, 0.05) is 15.6 Å². The number of benzene rings is 3. The Balaban J connectivity index is 1.30. The van der Waals surface area contributed by atoms with Gasteiger partial charge in [-0.2, -0.15) is 0 Å². The molecule has 1 unspecified atom stereocenters. The summed E-state index contributed by atoms with van der Waals surface area (Å²) in [6, 6.07) is 29.3. The Labute approximate surface area is 287 Å².